The second-order valence-electron chi connectivity index (χ2n) is 1.91. The molecule has 1 aliphatic rings. The molecule has 9 heavy (non-hydrogen) atoms. The van der Waals surface area contributed by atoms with Crippen LogP contribution in [0.4, 0.5) is 0 Å². The molecule has 0 fully saturated rings. The maximum absolute atomic E-state index is 4.22. The Labute approximate surface area is 68.6 Å². The lowest BCUT2D eigenvalue weighted by molar-refractivity contribution is 0.593. The van der Waals surface area contributed by atoms with Crippen molar-refractivity contribution >= 4 is 28.8 Å². The summed E-state index contributed by atoms with van der Waals surface area (Å²) >= 11 is 2.27. The van der Waals surface area contributed by atoms with Crippen LogP contribution in [-0.2, 0) is 0 Å². The Morgan fingerprint density at radius 3 is 3.11 bits per heavy atom. The smallest absolute Gasteiger partial charge is 0.103 e. The zero-order chi connectivity index (χ0) is 6.69. The summed E-state index contributed by atoms with van der Waals surface area (Å²) in [7, 11) is 1.92. The summed E-state index contributed by atoms with van der Waals surface area (Å²) in [4.78, 5) is 4.22. The molecule has 1 aliphatic heterocycles. The number of aliphatic imine (C=N–C) groups is 1. The van der Waals surface area contributed by atoms with Crippen molar-refractivity contribution < 1.29 is 0 Å². The van der Waals surface area contributed by atoms with Gasteiger partial charge in [0.05, 0.1) is 0 Å². The molecule has 1 unspecified atom stereocenters. The van der Waals surface area contributed by atoms with Crippen molar-refractivity contribution in [1.82, 2.24) is 5.32 Å². The van der Waals surface area contributed by atoms with Crippen molar-refractivity contribution in [3.63, 3.8) is 0 Å². The average molecular weight is 236 g/mol. The van der Waals surface area contributed by atoms with E-state index in [0.717, 1.165) is 6.42 Å². The Balaban J connectivity index is 2.48. The normalized spacial score (nSPS) is 26.0. The van der Waals surface area contributed by atoms with Gasteiger partial charge in [0.2, 0.25) is 0 Å². The topological polar surface area (TPSA) is 24.4 Å². The molecule has 0 aliphatic carbocycles. The maximum atomic E-state index is 4.22. The van der Waals surface area contributed by atoms with Crippen molar-refractivity contribution in [2.45, 2.75) is 12.6 Å². The quantitative estimate of drug-likeness (QED) is 0.682. The van der Waals surface area contributed by atoms with Crippen LogP contribution in [0.3, 0.4) is 0 Å². The van der Waals surface area contributed by atoms with Crippen LogP contribution in [0.2, 0.25) is 0 Å². The summed E-state index contributed by atoms with van der Waals surface area (Å²) < 4.78 is 1.24. The second-order valence-corrected chi connectivity index (χ2v) is 3.15. The van der Waals surface area contributed by atoms with Gasteiger partial charge in [-0.15, -0.1) is 0 Å². The van der Waals surface area contributed by atoms with Crippen LogP contribution in [0.1, 0.15) is 6.42 Å². The Morgan fingerprint density at radius 1 is 1.89 bits per heavy atom. The minimum Gasteiger partial charge on any atom is -0.299 e. The monoisotopic (exact) mass is 236 g/mol. The summed E-state index contributed by atoms with van der Waals surface area (Å²) in [6.45, 7) is 0. The van der Waals surface area contributed by atoms with Gasteiger partial charge in [0.15, 0.2) is 0 Å². The van der Waals surface area contributed by atoms with Crippen LogP contribution in [0.15, 0.2) is 14.6 Å². The predicted molar refractivity (Wildman–Crippen MR) is 48.1 cm³/mol. The molecular formula is C6H9IN2. The van der Waals surface area contributed by atoms with E-state index in [1.54, 1.807) is 0 Å². The summed E-state index contributed by atoms with van der Waals surface area (Å²) in [5.74, 6) is 0. The molecule has 0 amide bonds. The van der Waals surface area contributed by atoms with Crippen molar-refractivity contribution in [2.75, 3.05) is 7.05 Å². The van der Waals surface area contributed by atoms with Crippen molar-refractivity contribution in [3.8, 4) is 0 Å². The van der Waals surface area contributed by atoms with E-state index in [0.29, 0.717) is 6.17 Å². The Kier molecular flexibility index (Phi) is 2.65. The molecule has 50 valence electrons. The molecule has 0 aromatic rings. The Hall–Kier alpha value is 0.1000. The van der Waals surface area contributed by atoms with Gasteiger partial charge in [-0.1, -0.05) is 6.08 Å². The molecule has 0 radical (unpaired) electrons. The third-order valence-electron chi connectivity index (χ3n) is 1.25. The summed E-state index contributed by atoms with van der Waals surface area (Å²) in [5, 5.41) is 3.08. The number of nitrogens with one attached hydrogen (secondary N) is 1. The fourth-order valence-corrected chi connectivity index (χ4v) is 1.11. The van der Waals surface area contributed by atoms with Gasteiger partial charge < -0.3 is 0 Å². The number of rotatable bonds is 1. The van der Waals surface area contributed by atoms with Gasteiger partial charge in [-0.2, -0.15) is 0 Å². The van der Waals surface area contributed by atoms with Gasteiger partial charge in [0.1, 0.15) is 6.17 Å². The highest BCUT2D eigenvalue weighted by Crippen LogP contribution is 2.10. The molecular weight excluding hydrogens is 227 g/mol. The molecule has 3 heteroatoms. The van der Waals surface area contributed by atoms with Crippen LogP contribution in [0.5, 0.6) is 0 Å². The average Bonchev–Trinajstić information content (AvgIpc) is 1.90. The summed E-state index contributed by atoms with van der Waals surface area (Å²) in [6.07, 6.45) is 5.40. The lowest BCUT2D eigenvalue weighted by Crippen LogP contribution is -2.23. The standard InChI is InChI=1S/C6H9IN2/c1-8-6-3-2-5(7)4-9-6/h2,4,6,8H,3H2,1H3. The fraction of sp³-hybridized carbons (Fsp3) is 0.500. The third kappa shape index (κ3) is 2.06. The minimum absolute atomic E-state index is 0.309. The summed E-state index contributed by atoms with van der Waals surface area (Å²) in [5.41, 5.74) is 0. The maximum Gasteiger partial charge on any atom is 0.103 e. The van der Waals surface area contributed by atoms with E-state index in [9.17, 15) is 0 Å². The molecule has 0 saturated heterocycles. The van der Waals surface area contributed by atoms with E-state index in [-0.39, 0.29) is 0 Å². The first-order valence-electron chi connectivity index (χ1n) is 2.89. The molecule has 2 nitrogen and oxygen atoms in total. The Morgan fingerprint density at radius 2 is 2.67 bits per heavy atom. The first-order chi connectivity index (χ1) is 4.33. The van der Waals surface area contributed by atoms with Crippen molar-refractivity contribution in [1.29, 1.82) is 0 Å². The molecule has 1 N–H and O–H groups in total. The number of hydrogen-bond donors (Lipinski definition) is 1. The molecule has 1 heterocycles. The predicted octanol–water partition coefficient (Wildman–Crippen LogP) is 1.33. The number of halogens is 1. The zero-order valence-electron chi connectivity index (χ0n) is 5.26. The van der Waals surface area contributed by atoms with Crippen LogP contribution >= 0.6 is 22.6 Å². The molecule has 1 rings (SSSR count). The number of hydrogen-bond acceptors (Lipinski definition) is 2. The van der Waals surface area contributed by atoms with E-state index in [4.69, 9.17) is 0 Å². The van der Waals surface area contributed by atoms with Gasteiger partial charge in [-0.25, -0.2) is 0 Å². The third-order valence-corrected chi connectivity index (χ3v) is 1.97. The van der Waals surface area contributed by atoms with Gasteiger partial charge in [-0.3, -0.25) is 10.3 Å². The van der Waals surface area contributed by atoms with Gasteiger partial charge in [0, 0.05) is 16.2 Å². The highest BCUT2D eigenvalue weighted by molar-refractivity contribution is 14.1. The van der Waals surface area contributed by atoms with Crippen LogP contribution < -0.4 is 5.32 Å². The molecule has 0 aromatic heterocycles. The van der Waals surface area contributed by atoms with Crippen LogP contribution in [-0.4, -0.2) is 19.4 Å². The highest BCUT2D eigenvalue weighted by atomic mass is 127. The number of nitrogens with zero attached hydrogens (tertiary/aromatic N) is 1. The SMILES string of the molecule is CNC1CC=C(I)C=N1. The molecule has 0 bridgehead atoms. The molecule has 0 aromatic carbocycles. The first-order valence-corrected chi connectivity index (χ1v) is 3.97. The molecule has 0 spiro atoms. The van der Waals surface area contributed by atoms with Gasteiger partial charge >= 0.3 is 0 Å². The fourth-order valence-electron chi connectivity index (χ4n) is 0.691. The lowest BCUT2D eigenvalue weighted by Gasteiger charge is -2.11. The van der Waals surface area contributed by atoms with Crippen molar-refractivity contribution in [3.05, 3.63) is 9.66 Å². The lowest BCUT2D eigenvalue weighted by atomic mass is 10.3. The van der Waals surface area contributed by atoms with E-state index >= 15 is 0 Å². The van der Waals surface area contributed by atoms with Gasteiger partial charge in [0.25, 0.3) is 0 Å². The van der Waals surface area contributed by atoms with Gasteiger partial charge in [-0.05, 0) is 29.6 Å². The Bertz CT molecular complexity index is 151. The van der Waals surface area contributed by atoms with Crippen LogP contribution in [0, 0.1) is 0 Å². The number of dihydropyridines is 1. The first kappa shape index (κ1) is 7.21. The highest BCUT2D eigenvalue weighted by Gasteiger charge is 2.03. The minimum atomic E-state index is 0.309. The molecule has 1 atom stereocenters. The number of allylic oxidation sites excluding steroid dienone is 1. The van der Waals surface area contributed by atoms with Crippen LogP contribution in [0.25, 0.3) is 0 Å². The van der Waals surface area contributed by atoms with E-state index < -0.39 is 0 Å². The van der Waals surface area contributed by atoms with E-state index in [1.807, 2.05) is 13.3 Å². The zero-order valence-corrected chi connectivity index (χ0v) is 7.42. The van der Waals surface area contributed by atoms with E-state index in [1.165, 1.54) is 3.58 Å². The summed E-state index contributed by atoms with van der Waals surface area (Å²) in [6, 6.07) is 0. The largest absolute Gasteiger partial charge is 0.299 e. The molecule has 0 saturated carbocycles. The second kappa shape index (κ2) is 3.31. The van der Waals surface area contributed by atoms with E-state index in [2.05, 4.69) is 39.0 Å². The van der Waals surface area contributed by atoms with Crippen molar-refractivity contribution in [2.24, 2.45) is 4.99 Å².